The number of aromatic nitrogens is 2. The van der Waals surface area contributed by atoms with Gasteiger partial charge in [0.2, 0.25) is 0 Å². The van der Waals surface area contributed by atoms with Gasteiger partial charge in [0.05, 0.1) is 5.52 Å². The average molecular weight is 276 g/mol. The summed E-state index contributed by atoms with van der Waals surface area (Å²) in [6, 6.07) is 17.6. The van der Waals surface area contributed by atoms with E-state index in [1.807, 2.05) is 54.6 Å². The number of para-hydroxylation sites is 2. The molecular formula is C16H12N4O. The van der Waals surface area contributed by atoms with Crippen molar-refractivity contribution >= 4 is 39.2 Å². The lowest BCUT2D eigenvalue weighted by Crippen LogP contribution is -1.96. The Balaban J connectivity index is 1.99. The molecule has 2 heterocycles. The van der Waals surface area contributed by atoms with Crippen LogP contribution in [-0.4, -0.2) is 10.1 Å². The molecule has 4 aromatic rings. The van der Waals surface area contributed by atoms with Gasteiger partial charge < -0.3 is 15.6 Å². The number of nitrogens with two attached hydrogens (primary N) is 1. The number of nitrogens with zero attached hydrogens (tertiary/aromatic N) is 2. The van der Waals surface area contributed by atoms with Crippen LogP contribution in [0.3, 0.4) is 0 Å². The number of benzene rings is 2. The summed E-state index contributed by atoms with van der Waals surface area (Å²) in [6.45, 7) is 0. The number of rotatable bonds is 2. The fraction of sp³-hybridized carbons (Fsp3) is 0. The van der Waals surface area contributed by atoms with Crippen molar-refractivity contribution in [2.45, 2.75) is 0 Å². The monoisotopic (exact) mass is 276 g/mol. The molecule has 0 spiro atoms. The van der Waals surface area contributed by atoms with E-state index in [0.29, 0.717) is 22.6 Å². The van der Waals surface area contributed by atoms with E-state index in [0.717, 1.165) is 16.6 Å². The molecule has 0 saturated heterocycles. The van der Waals surface area contributed by atoms with Gasteiger partial charge in [-0.1, -0.05) is 35.5 Å². The first kappa shape index (κ1) is 11.7. The molecule has 0 aliphatic rings. The van der Waals surface area contributed by atoms with Gasteiger partial charge in [-0.2, -0.15) is 0 Å². The van der Waals surface area contributed by atoms with E-state index in [1.54, 1.807) is 0 Å². The van der Waals surface area contributed by atoms with Crippen LogP contribution in [-0.2, 0) is 0 Å². The maximum atomic E-state index is 5.94. The summed E-state index contributed by atoms with van der Waals surface area (Å²) in [7, 11) is 0. The number of nitrogens with one attached hydrogen (secondary N) is 1. The molecule has 0 fully saturated rings. The topological polar surface area (TPSA) is 77.0 Å². The van der Waals surface area contributed by atoms with Crippen molar-refractivity contribution in [3.05, 3.63) is 54.6 Å². The highest BCUT2D eigenvalue weighted by molar-refractivity contribution is 6.11. The fourth-order valence-electron chi connectivity index (χ4n) is 2.40. The van der Waals surface area contributed by atoms with Crippen LogP contribution in [0.25, 0.3) is 21.9 Å². The highest BCUT2D eigenvalue weighted by atomic mass is 16.5. The zero-order chi connectivity index (χ0) is 14.2. The van der Waals surface area contributed by atoms with E-state index in [9.17, 15) is 0 Å². The van der Waals surface area contributed by atoms with Gasteiger partial charge >= 0.3 is 0 Å². The minimum absolute atomic E-state index is 0.335. The van der Waals surface area contributed by atoms with Gasteiger partial charge in [-0.15, -0.1) is 0 Å². The first-order valence-corrected chi connectivity index (χ1v) is 6.58. The lowest BCUT2D eigenvalue weighted by molar-refractivity contribution is 0.462. The SMILES string of the molecule is Nc1noc2c1c(Nc1ccccc1)nc1ccccc12. The van der Waals surface area contributed by atoms with Crippen LogP contribution in [0.15, 0.2) is 59.1 Å². The van der Waals surface area contributed by atoms with Gasteiger partial charge in [0.1, 0.15) is 11.2 Å². The molecule has 102 valence electrons. The maximum absolute atomic E-state index is 5.94. The van der Waals surface area contributed by atoms with Crippen molar-refractivity contribution in [2.75, 3.05) is 11.1 Å². The summed E-state index contributed by atoms with van der Waals surface area (Å²) < 4.78 is 5.39. The third-order valence-corrected chi connectivity index (χ3v) is 3.37. The standard InChI is InChI=1S/C16H12N4O/c17-15-13-14(21-20-15)11-8-4-5-9-12(11)19-16(13)18-10-6-2-1-3-7-10/h1-9H,(H2,17,20)(H,18,19). The van der Waals surface area contributed by atoms with E-state index >= 15 is 0 Å². The molecule has 5 nitrogen and oxygen atoms in total. The van der Waals surface area contributed by atoms with E-state index in [2.05, 4.69) is 15.5 Å². The van der Waals surface area contributed by atoms with E-state index < -0.39 is 0 Å². The second kappa shape index (κ2) is 4.49. The Labute approximate surface area is 120 Å². The quantitative estimate of drug-likeness (QED) is 0.583. The number of anilines is 3. The summed E-state index contributed by atoms with van der Waals surface area (Å²) in [5.41, 5.74) is 8.35. The number of nitrogen functional groups attached to an aromatic ring is 1. The van der Waals surface area contributed by atoms with Gasteiger partial charge in [-0.25, -0.2) is 4.98 Å². The van der Waals surface area contributed by atoms with E-state index in [-0.39, 0.29) is 0 Å². The largest absolute Gasteiger partial charge is 0.380 e. The smallest absolute Gasteiger partial charge is 0.182 e. The Kier molecular flexibility index (Phi) is 2.50. The number of hydrogen-bond acceptors (Lipinski definition) is 5. The van der Waals surface area contributed by atoms with Crippen LogP contribution in [0, 0.1) is 0 Å². The van der Waals surface area contributed by atoms with E-state index in [4.69, 9.17) is 10.3 Å². The van der Waals surface area contributed by atoms with Gasteiger partial charge in [-0.05, 0) is 24.3 Å². The lowest BCUT2D eigenvalue weighted by Gasteiger charge is -2.08. The van der Waals surface area contributed by atoms with Crippen molar-refractivity contribution in [1.29, 1.82) is 0 Å². The predicted molar refractivity (Wildman–Crippen MR) is 83.4 cm³/mol. The maximum Gasteiger partial charge on any atom is 0.182 e. The molecule has 0 aliphatic carbocycles. The third-order valence-electron chi connectivity index (χ3n) is 3.37. The summed E-state index contributed by atoms with van der Waals surface area (Å²) in [5, 5.41) is 8.75. The molecule has 2 aromatic heterocycles. The summed E-state index contributed by atoms with van der Waals surface area (Å²) in [5.74, 6) is 0.982. The first-order valence-electron chi connectivity index (χ1n) is 6.58. The highest BCUT2D eigenvalue weighted by Crippen LogP contribution is 2.34. The minimum atomic E-state index is 0.335. The summed E-state index contributed by atoms with van der Waals surface area (Å²) in [6.07, 6.45) is 0. The van der Waals surface area contributed by atoms with Gasteiger partial charge in [-0.3, -0.25) is 0 Å². The molecule has 0 aliphatic heterocycles. The number of hydrogen-bond donors (Lipinski definition) is 2. The summed E-state index contributed by atoms with van der Waals surface area (Å²) >= 11 is 0. The Morgan fingerprint density at radius 3 is 2.57 bits per heavy atom. The van der Waals surface area contributed by atoms with Gasteiger partial charge in [0.25, 0.3) is 0 Å². The Morgan fingerprint density at radius 2 is 1.71 bits per heavy atom. The molecule has 0 amide bonds. The molecule has 0 unspecified atom stereocenters. The van der Waals surface area contributed by atoms with Gasteiger partial charge in [0, 0.05) is 11.1 Å². The number of pyridine rings is 1. The molecule has 3 N–H and O–H groups in total. The van der Waals surface area contributed by atoms with E-state index in [1.165, 1.54) is 0 Å². The molecule has 2 aromatic carbocycles. The molecular weight excluding hydrogens is 264 g/mol. The summed E-state index contributed by atoms with van der Waals surface area (Å²) in [4.78, 5) is 4.64. The molecule has 0 saturated carbocycles. The Morgan fingerprint density at radius 1 is 0.952 bits per heavy atom. The van der Waals surface area contributed by atoms with Crippen LogP contribution < -0.4 is 11.1 Å². The zero-order valence-corrected chi connectivity index (χ0v) is 11.1. The minimum Gasteiger partial charge on any atom is -0.380 e. The molecule has 0 atom stereocenters. The van der Waals surface area contributed by atoms with Crippen molar-refractivity contribution in [1.82, 2.24) is 10.1 Å². The van der Waals surface area contributed by atoms with Crippen LogP contribution >= 0.6 is 0 Å². The normalized spacial score (nSPS) is 11.0. The number of fused-ring (bicyclic) bond motifs is 3. The lowest BCUT2D eigenvalue weighted by atomic mass is 10.1. The van der Waals surface area contributed by atoms with Crippen molar-refractivity contribution in [3.8, 4) is 0 Å². The van der Waals surface area contributed by atoms with Crippen LogP contribution in [0.2, 0.25) is 0 Å². The van der Waals surface area contributed by atoms with Gasteiger partial charge in [0.15, 0.2) is 11.4 Å². The van der Waals surface area contributed by atoms with Crippen LogP contribution in [0.1, 0.15) is 0 Å². The Hall–Kier alpha value is -3.08. The zero-order valence-electron chi connectivity index (χ0n) is 11.1. The fourth-order valence-corrected chi connectivity index (χ4v) is 2.40. The molecule has 0 bridgehead atoms. The predicted octanol–water partition coefficient (Wildman–Crippen LogP) is 3.70. The van der Waals surface area contributed by atoms with Crippen LogP contribution in [0.5, 0.6) is 0 Å². The van der Waals surface area contributed by atoms with Crippen molar-refractivity contribution in [3.63, 3.8) is 0 Å². The third kappa shape index (κ3) is 1.87. The Bertz CT molecular complexity index is 931. The average Bonchev–Trinajstić information content (AvgIpc) is 2.91. The second-order valence-corrected chi connectivity index (χ2v) is 4.74. The molecule has 21 heavy (non-hydrogen) atoms. The molecule has 0 radical (unpaired) electrons. The van der Waals surface area contributed by atoms with Crippen LogP contribution in [0.4, 0.5) is 17.3 Å². The molecule has 5 heteroatoms. The highest BCUT2D eigenvalue weighted by Gasteiger charge is 2.16. The second-order valence-electron chi connectivity index (χ2n) is 4.74. The molecule has 4 rings (SSSR count). The first-order chi connectivity index (χ1) is 10.3. The van der Waals surface area contributed by atoms with Crippen molar-refractivity contribution in [2.24, 2.45) is 0 Å². The van der Waals surface area contributed by atoms with Crippen molar-refractivity contribution < 1.29 is 4.52 Å².